The molecule has 1 saturated heterocycles. The van der Waals surface area contributed by atoms with Gasteiger partial charge < -0.3 is 10.2 Å². The Morgan fingerprint density at radius 3 is 2.41 bits per heavy atom. The van der Waals surface area contributed by atoms with E-state index in [0.717, 1.165) is 5.56 Å². The van der Waals surface area contributed by atoms with E-state index in [0.29, 0.717) is 43.8 Å². The van der Waals surface area contributed by atoms with E-state index in [1.54, 1.807) is 12.1 Å². The van der Waals surface area contributed by atoms with Gasteiger partial charge in [0, 0.05) is 30.6 Å². The number of halogens is 2. The molecule has 27 heavy (non-hydrogen) atoms. The van der Waals surface area contributed by atoms with Gasteiger partial charge in [0.1, 0.15) is 5.82 Å². The number of piperidine rings is 1. The summed E-state index contributed by atoms with van der Waals surface area (Å²) in [6.07, 6.45) is 2.48. The van der Waals surface area contributed by atoms with E-state index in [2.05, 4.69) is 5.32 Å². The van der Waals surface area contributed by atoms with E-state index >= 15 is 0 Å². The molecule has 1 N–H and O–H groups in total. The fourth-order valence-electron chi connectivity index (χ4n) is 3.24. The summed E-state index contributed by atoms with van der Waals surface area (Å²) >= 11 is 5.87. The summed E-state index contributed by atoms with van der Waals surface area (Å²) in [4.78, 5) is 26.4. The van der Waals surface area contributed by atoms with Gasteiger partial charge in [-0.15, -0.1) is 0 Å². The molecule has 1 heterocycles. The van der Waals surface area contributed by atoms with E-state index in [1.165, 1.54) is 12.1 Å². The first-order chi connectivity index (χ1) is 13.0. The van der Waals surface area contributed by atoms with E-state index in [1.807, 2.05) is 29.2 Å². The minimum atomic E-state index is -0.523. The highest BCUT2D eigenvalue weighted by atomic mass is 35.5. The Bertz CT molecular complexity index is 802. The zero-order chi connectivity index (χ0) is 19.2. The lowest BCUT2D eigenvalue weighted by molar-refractivity contribution is -0.132. The number of hydrogen-bond donors (Lipinski definition) is 1. The zero-order valence-corrected chi connectivity index (χ0v) is 15.7. The maximum absolute atomic E-state index is 13.7. The Morgan fingerprint density at radius 1 is 1.07 bits per heavy atom. The summed E-state index contributed by atoms with van der Waals surface area (Å²) in [5, 5.41) is 3.55. The van der Waals surface area contributed by atoms with Gasteiger partial charge in [-0.25, -0.2) is 4.39 Å². The van der Waals surface area contributed by atoms with Crippen molar-refractivity contribution < 1.29 is 14.0 Å². The van der Waals surface area contributed by atoms with E-state index in [9.17, 15) is 14.0 Å². The van der Waals surface area contributed by atoms with Gasteiger partial charge in [-0.2, -0.15) is 0 Å². The largest absolute Gasteiger partial charge is 0.349 e. The van der Waals surface area contributed by atoms with Crippen LogP contribution in [0.5, 0.6) is 0 Å². The van der Waals surface area contributed by atoms with Crippen LogP contribution >= 0.6 is 11.6 Å². The average Bonchev–Trinajstić information content (AvgIpc) is 2.68. The molecule has 1 fully saturated rings. The summed E-state index contributed by atoms with van der Waals surface area (Å²) < 4.78 is 13.7. The second-order valence-corrected chi connectivity index (χ2v) is 7.17. The van der Waals surface area contributed by atoms with Crippen LogP contribution < -0.4 is 5.32 Å². The number of benzene rings is 2. The summed E-state index contributed by atoms with van der Waals surface area (Å²) in [6.45, 7) is 1.20. The van der Waals surface area contributed by atoms with Crippen molar-refractivity contribution in [2.45, 2.75) is 31.7 Å². The maximum atomic E-state index is 13.7. The molecular formula is C21H22ClFN2O2. The number of aryl methyl sites for hydroxylation is 1. The Morgan fingerprint density at radius 2 is 1.74 bits per heavy atom. The highest BCUT2D eigenvalue weighted by Gasteiger charge is 2.24. The number of hydrogen-bond acceptors (Lipinski definition) is 2. The van der Waals surface area contributed by atoms with Crippen LogP contribution in [0.2, 0.25) is 5.02 Å². The zero-order valence-electron chi connectivity index (χ0n) is 15.0. The van der Waals surface area contributed by atoms with Crippen molar-refractivity contribution in [3.05, 3.63) is 70.5 Å². The van der Waals surface area contributed by atoms with Crippen LogP contribution in [-0.4, -0.2) is 35.8 Å². The minimum Gasteiger partial charge on any atom is -0.349 e. The van der Waals surface area contributed by atoms with E-state index in [-0.39, 0.29) is 17.5 Å². The summed E-state index contributed by atoms with van der Waals surface area (Å²) in [7, 11) is 0. The third-order valence-corrected chi connectivity index (χ3v) is 5.09. The number of nitrogens with one attached hydrogen (secondary N) is 1. The number of carbonyl (C=O) groups is 2. The van der Waals surface area contributed by atoms with Crippen LogP contribution in [0.1, 0.15) is 35.2 Å². The third kappa shape index (κ3) is 5.30. The molecule has 2 aromatic carbocycles. The SMILES string of the molecule is O=C(NC1CCN(C(=O)CCc2ccc(Cl)cc2)CC1)c1ccccc1F. The molecule has 0 spiro atoms. The smallest absolute Gasteiger partial charge is 0.254 e. The first kappa shape index (κ1) is 19.4. The van der Waals surface area contributed by atoms with Gasteiger partial charge in [0.2, 0.25) is 5.91 Å². The van der Waals surface area contributed by atoms with E-state index < -0.39 is 11.7 Å². The van der Waals surface area contributed by atoms with Gasteiger partial charge in [-0.1, -0.05) is 35.9 Å². The molecule has 1 aliphatic heterocycles. The highest BCUT2D eigenvalue weighted by Crippen LogP contribution is 2.15. The van der Waals surface area contributed by atoms with Crippen molar-refractivity contribution in [2.75, 3.05) is 13.1 Å². The van der Waals surface area contributed by atoms with Gasteiger partial charge in [0.25, 0.3) is 5.91 Å². The van der Waals surface area contributed by atoms with Gasteiger partial charge in [0.05, 0.1) is 5.56 Å². The topological polar surface area (TPSA) is 49.4 Å². The van der Waals surface area contributed by atoms with E-state index in [4.69, 9.17) is 11.6 Å². The standard InChI is InChI=1S/C21H22ClFN2O2/c22-16-8-5-15(6-9-16)7-10-20(26)25-13-11-17(12-14-25)24-21(27)18-3-1-2-4-19(18)23/h1-6,8-9,17H,7,10-14H2,(H,24,27). The van der Waals surface area contributed by atoms with Crippen LogP contribution in [0.15, 0.2) is 48.5 Å². The molecule has 0 saturated carbocycles. The van der Waals surface area contributed by atoms with Crippen LogP contribution in [0.3, 0.4) is 0 Å². The van der Waals surface area contributed by atoms with Crippen molar-refractivity contribution in [3.63, 3.8) is 0 Å². The van der Waals surface area contributed by atoms with Crippen molar-refractivity contribution in [1.29, 1.82) is 0 Å². The molecule has 0 unspecified atom stereocenters. The number of nitrogens with zero attached hydrogens (tertiary/aromatic N) is 1. The van der Waals surface area contributed by atoms with Crippen LogP contribution in [-0.2, 0) is 11.2 Å². The second kappa shape index (κ2) is 9.00. The van der Waals surface area contributed by atoms with Crippen LogP contribution in [0.4, 0.5) is 4.39 Å². The molecule has 2 aromatic rings. The first-order valence-electron chi connectivity index (χ1n) is 9.10. The summed E-state index contributed by atoms with van der Waals surface area (Å²) in [6, 6.07) is 13.4. The number of rotatable bonds is 5. The molecule has 0 atom stereocenters. The molecule has 1 aliphatic rings. The Balaban J connectivity index is 1.44. The molecule has 6 heteroatoms. The first-order valence-corrected chi connectivity index (χ1v) is 9.48. The molecule has 0 radical (unpaired) electrons. The third-order valence-electron chi connectivity index (χ3n) is 4.84. The van der Waals surface area contributed by atoms with Gasteiger partial charge in [-0.05, 0) is 49.1 Å². The number of amides is 2. The lowest BCUT2D eigenvalue weighted by atomic mass is 10.0. The molecule has 2 amide bonds. The van der Waals surface area contributed by atoms with Gasteiger partial charge in [-0.3, -0.25) is 9.59 Å². The molecule has 4 nitrogen and oxygen atoms in total. The average molecular weight is 389 g/mol. The summed E-state index contributed by atoms with van der Waals surface area (Å²) in [5.74, 6) is -0.811. The van der Waals surface area contributed by atoms with Crippen LogP contribution in [0, 0.1) is 5.82 Å². The molecule has 142 valence electrons. The predicted octanol–water partition coefficient (Wildman–Crippen LogP) is 3.83. The molecule has 0 aliphatic carbocycles. The predicted molar refractivity (Wildman–Crippen MR) is 103 cm³/mol. The van der Waals surface area contributed by atoms with Crippen molar-refractivity contribution in [1.82, 2.24) is 10.2 Å². The Hall–Kier alpha value is -2.40. The normalized spacial score (nSPS) is 14.8. The lowest BCUT2D eigenvalue weighted by Crippen LogP contribution is -2.46. The van der Waals surface area contributed by atoms with Gasteiger partial charge >= 0.3 is 0 Å². The fraction of sp³-hybridized carbons (Fsp3) is 0.333. The maximum Gasteiger partial charge on any atom is 0.254 e. The Labute approximate surface area is 163 Å². The molecule has 3 rings (SSSR count). The monoisotopic (exact) mass is 388 g/mol. The molecule has 0 aromatic heterocycles. The Kier molecular flexibility index (Phi) is 6.45. The van der Waals surface area contributed by atoms with Crippen LogP contribution in [0.25, 0.3) is 0 Å². The summed E-state index contributed by atoms with van der Waals surface area (Å²) in [5.41, 5.74) is 1.14. The fourth-order valence-corrected chi connectivity index (χ4v) is 3.37. The van der Waals surface area contributed by atoms with Crippen molar-refractivity contribution >= 4 is 23.4 Å². The van der Waals surface area contributed by atoms with Gasteiger partial charge in [0.15, 0.2) is 0 Å². The number of likely N-dealkylation sites (tertiary alicyclic amines) is 1. The quantitative estimate of drug-likeness (QED) is 0.846. The van der Waals surface area contributed by atoms with Crippen molar-refractivity contribution in [3.8, 4) is 0 Å². The van der Waals surface area contributed by atoms with Crippen molar-refractivity contribution in [2.24, 2.45) is 0 Å². The minimum absolute atomic E-state index is 0.0441. The molecule has 0 bridgehead atoms. The second-order valence-electron chi connectivity index (χ2n) is 6.73. The molecular weight excluding hydrogens is 367 g/mol. The lowest BCUT2D eigenvalue weighted by Gasteiger charge is -2.32. The highest BCUT2D eigenvalue weighted by molar-refractivity contribution is 6.30. The number of carbonyl (C=O) groups excluding carboxylic acids is 2.